The van der Waals surface area contributed by atoms with Crippen molar-refractivity contribution in [1.82, 2.24) is 15.3 Å². The molecule has 2 N–H and O–H groups in total. The summed E-state index contributed by atoms with van der Waals surface area (Å²) in [5.41, 5.74) is 0.447. The highest BCUT2D eigenvalue weighted by atomic mass is 19.1. The number of carbonyl (C=O) groups is 2. The second kappa shape index (κ2) is 6.25. The number of halogens is 1. The van der Waals surface area contributed by atoms with Crippen LogP contribution in [0.4, 0.5) is 4.39 Å². The summed E-state index contributed by atoms with van der Waals surface area (Å²) in [7, 11) is 0. The van der Waals surface area contributed by atoms with E-state index in [9.17, 15) is 14.0 Å². The van der Waals surface area contributed by atoms with Crippen molar-refractivity contribution in [3.63, 3.8) is 0 Å². The average molecular weight is 291 g/mol. The molecule has 0 radical (unpaired) electrons. The Bertz CT molecular complexity index is 690. The second-order valence-electron chi connectivity index (χ2n) is 4.53. The van der Waals surface area contributed by atoms with Crippen LogP contribution in [0.15, 0.2) is 24.5 Å². The van der Waals surface area contributed by atoms with Crippen molar-refractivity contribution in [2.75, 3.05) is 0 Å². The van der Waals surface area contributed by atoms with Crippen LogP contribution in [-0.4, -0.2) is 33.0 Å². The first kappa shape index (κ1) is 14.8. The van der Waals surface area contributed by atoms with Gasteiger partial charge in [-0.25, -0.2) is 9.18 Å². The van der Waals surface area contributed by atoms with Crippen molar-refractivity contribution in [3.8, 4) is 0 Å². The molecule has 0 aliphatic heterocycles. The Morgan fingerprint density at radius 1 is 1.33 bits per heavy atom. The summed E-state index contributed by atoms with van der Waals surface area (Å²) < 4.78 is 13.5. The Hall–Kier alpha value is -2.57. The van der Waals surface area contributed by atoms with Crippen LogP contribution >= 0.6 is 0 Å². The van der Waals surface area contributed by atoms with Gasteiger partial charge in [0.25, 0.3) is 5.91 Å². The third-order valence-electron chi connectivity index (χ3n) is 2.96. The van der Waals surface area contributed by atoms with Gasteiger partial charge < -0.3 is 10.4 Å². The van der Waals surface area contributed by atoms with Crippen LogP contribution in [0.1, 0.15) is 30.1 Å². The van der Waals surface area contributed by atoms with Crippen LogP contribution < -0.4 is 5.32 Å². The molecule has 6 nitrogen and oxygen atoms in total. The first-order valence-corrected chi connectivity index (χ1v) is 6.47. The lowest BCUT2D eigenvalue weighted by molar-refractivity contribution is -0.139. The second-order valence-corrected chi connectivity index (χ2v) is 4.53. The molecule has 1 heterocycles. The Balaban J connectivity index is 2.37. The zero-order chi connectivity index (χ0) is 15.4. The van der Waals surface area contributed by atoms with E-state index in [-0.39, 0.29) is 16.6 Å². The van der Waals surface area contributed by atoms with Crippen LogP contribution in [0.3, 0.4) is 0 Å². The molecule has 0 spiro atoms. The number of hydrogen-bond acceptors (Lipinski definition) is 4. The topological polar surface area (TPSA) is 92.2 Å². The number of nitrogens with zero attached hydrogens (tertiary/aromatic N) is 2. The zero-order valence-corrected chi connectivity index (χ0v) is 11.3. The molecule has 0 fully saturated rings. The lowest BCUT2D eigenvalue weighted by Gasteiger charge is -2.14. The number of aliphatic carboxylic acids is 1. The van der Waals surface area contributed by atoms with Gasteiger partial charge in [0, 0.05) is 18.5 Å². The predicted molar refractivity (Wildman–Crippen MR) is 73.3 cm³/mol. The summed E-state index contributed by atoms with van der Waals surface area (Å²) >= 11 is 0. The van der Waals surface area contributed by atoms with Crippen molar-refractivity contribution in [3.05, 3.63) is 35.9 Å². The van der Waals surface area contributed by atoms with Gasteiger partial charge in [0.1, 0.15) is 17.4 Å². The Morgan fingerprint density at radius 3 is 2.71 bits per heavy atom. The molecule has 1 aromatic heterocycles. The van der Waals surface area contributed by atoms with Gasteiger partial charge in [-0.3, -0.25) is 14.8 Å². The summed E-state index contributed by atoms with van der Waals surface area (Å²) in [5, 5.41) is 11.4. The molecule has 2 rings (SSSR count). The van der Waals surface area contributed by atoms with Crippen molar-refractivity contribution in [2.24, 2.45) is 0 Å². The third kappa shape index (κ3) is 3.31. The smallest absolute Gasteiger partial charge is 0.326 e. The van der Waals surface area contributed by atoms with Crippen LogP contribution in [0.5, 0.6) is 0 Å². The molecule has 2 aromatic rings. The molecule has 0 saturated heterocycles. The highest BCUT2D eigenvalue weighted by Gasteiger charge is 2.21. The maximum Gasteiger partial charge on any atom is 0.326 e. The number of benzene rings is 1. The number of rotatable bonds is 5. The van der Waals surface area contributed by atoms with Crippen LogP contribution in [0, 0.1) is 5.82 Å². The van der Waals surface area contributed by atoms with Crippen LogP contribution in [0.2, 0.25) is 0 Å². The molecule has 7 heteroatoms. The highest BCUT2D eigenvalue weighted by molar-refractivity contribution is 6.05. The third-order valence-corrected chi connectivity index (χ3v) is 2.96. The highest BCUT2D eigenvalue weighted by Crippen LogP contribution is 2.16. The number of aromatic nitrogens is 2. The monoisotopic (exact) mass is 291 g/mol. The van der Waals surface area contributed by atoms with E-state index in [0.29, 0.717) is 12.8 Å². The van der Waals surface area contributed by atoms with Crippen molar-refractivity contribution in [2.45, 2.75) is 25.8 Å². The number of carbonyl (C=O) groups excluding carboxylic acids is 1. The molecule has 1 unspecified atom stereocenters. The van der Waals surface area contributed by atoms with E-state index in [0.717, 1.165) is 6.07 Å². The van der Waals surface area contributed by atoms with Crippen LogP contribution in [0.25, 0.3) is 11.0 Å². The molecule has 1 amide bonds. The van der Waals surface area contributed by atoms with Crippen molar-refractivity contribution >= 4 is 22.9 Å². The van der Waals surface area contributed by atoms with Gasteiger partial charge >= 0.3 is 5.97 Å². The van der Waals surface area contributed by atoms with Gasteiger partial charge in [-0.1, -0.05) is 13.3 Å². The minimum Gasteiger partial charge on any atom is -0.480 e. The maximum atomic E-state index is 13.5. The van der Waals surface area contributed by atoms with Crippen molar-refractivity contribution < 1.29 is 19.1 Å². The zero-order valence-electron chi connectivity index (χ0n) is 11.3. The van der Waals surface area contributed by atoms with Gasteiger partial charge in [-0.2, -0.15) is 0 Å². The molecule has 0 aliphatic carbocycles. The van der Waals surface area contributed by atoms with E-state index in [4.69, 9.17) is 5.11 Å². The fourth-order valence-electron chi connectivity index (χ4n) is 2.00. The van der Waals surface area contributed by atoms with E-state index in [1.807, 2.05) is 6.92 Å². The fourth-order valence-corrected chi connectivity index (χ4v) is 2.00. The Kier molecular flexibility index (Phi) is 4.42. The molecular formula is C14H14FN3O3. The van der Waals surface area contributed by atoms with Gasteiger partial charge in [0.05, 0.1) is 11.1 Å². The largest absolute Gasteiger partial charge is 0.480 e. The van der Waals surface area contributed by atoms with E-state index >= 15 is 0 Å². The van der Waals surface area contributed by atoms with E-state index in [2.05, 4.69) is 15.3 Å². The lowest BCUT2D eigenvalue weighted by atomic mass is 10.1. The molecule has 0 saturated carbocycles. The molecule has 0 aliphatic rings. The average Bonchev–Trinajstić information content (AvgIpc) is 2.45. The van der Waals surface area contributed by atoms with E-state index in [1.54, 1.807) is 0 Å². The minimum atomic E-state index is -1.13. The number of amides is 1. The number of fused-ring (bicyclic) bond motifs is 1. The summed E-state index contributed by atoms with van der Waals surface area (Å²) in [4.78, 5) is 31.2. The fraction of sp³-hybridized carbons (Fsp3) is 0.286. The van der Waals surface area contributed by atoms with Crippen LogP contribution in [-0.2, 0) is 4.79 Å². The number of nitrogens with one attached hydrogen (secondary N) is 1. The molecule has 21 heavy (non-hydrogen) atoms. The SMILES string of the molecule is CCCC(NC(=O)c1cc(F)cc2nccnc12)C(=O)O. The Morgan fingerprint density at radius 2 is 2.05 bits per heavy atom. The predicted octanol–water partition coefficient (Wildman–Crippen LogP) is 1.75. The minimum absolute atomic E-state index is 0.0274. The number of carboxylic acid groups (broad SMARTS) is 1. The first-order chi connectivity index (χ1) is 10.0. The molecule has 1 atom stereocenters. The quantitative estimate of drug-likeness (QED) is 0.875. The van der Waals surface area contributed by atoms with Gasteiger partial charge in [0.15, 0.2) is 0 Å². The molecule has 0 bridgehead atoms. The molecular weight excluding hydrogens is 277 g/mol. The number of hydrogen-bond donors (Lipinski definition) is 2. The molecule has 110 valence electrons. The van der Waals surface area contributed by atoms with E-state index < -0.39 is 23.7 Å². The normalized spacial score (nSPS) is 12.1. The van der Waals surface area contributed by atoms with E-state index in [1.165, 1.54) is 18.5 Å². The Labute approximate surface area is 120 Å². The van der Waals surface area contributed by atoms with Gasteiger partial charge in [-0.15, -0.1) is 0 Å². The summed E-state index contributed by atoms with van der Waals surface area (Å²) in [6.07, 6.45) is 3.67. The van der Waals surface area contributed by atoms with Gasteiger partial charge in [0.2, 0.25) is 0 Å². The summed E-state index contributed by atoms with van der Waals surface area (Å²) in [6, 6.07) is 1.18. The summed E-state index contributed by atoms with van der Waals surface area (Å²) in [5.74, 6) is -2.44. The standard InChI is InChI=1S/C14H14FN3O3/c1-2-3-10(14(20)21)18-13(19)9-6-8(15)7-11-12(9)17-5-4-16-11/h4-7,10H,2-3H2,1H3,(H,18,19)(H,20,21). The van der Waals surface area contributed by atoms with Crippen molar-refractivity contribution in [1.29, 1.82) is 0 Å². The maximum absolute atomic E-state index is 13.5. The lowest BCUT2D eigenvalue weighted by Crippen LogP contribution is -2.40. The first-order valence-electron chi connectivity index (χ1n) is 6.47. The number of carboxylic acids is 1. The molecule has 1 aromatic carbocycles. The van der Waals surface area contributed by atoms with Gasteiger partial charge in [-0.05, 0) is 12.5 Å². The summed E-state index contributed by atoms with van der Waals surface area (Å²) in [6.45, 7) is 1.81.